The van der Waals surface area contributed by atoms with Gasteiger partial charge in [-0.2, -0.15) is 0 Å². The Morgan fingerprint density at radius 2 is 2.00 bits per heavy atom. The lowest BCUT2D eigenvalue weighted by Gasteiger charge is -2.36. The summed E-state index contributed by atoms with van der Waals surface area (Å²) >= 11 is 0. The summed E-state index contributed by atoms with van der Waals surface area (Å²) < 4.78 is 0. The Bertz CT molecular complexity index is 521. The van der Waals surface area contributed by atoms with Crippen molar-refractivity contribution in [1.29, 1.82) is 0 Å². The molecular weight excluding hydrogens is 262 g/mol. The number of anilines is 1. The fraction of sp³-hybridized carbons (Fsp3) is 0.588. The van der Waals surface area contributed by atoms with E-state index in [1.807, 2.05) is 24.3 Å². The van der Waals surface area contributed by atoms with Crippen LogP contribution in [0.2, 0.25) is 0 Å². The van der Waals surface area contributed by atoms with Crippen LogP contribution in [0.15, 0.2) is 24.3 Å². The largest absolute Gasteiger partial charge is 0.399 e. The molecule has 1 aliphatic carbocycles. The third-order valence-corrected chi connectivity index (χ3v) is 5.19. The number of hydrogen-bond donors (Lipinski definition) is 2. The quantitative estimate of drug-likeness (QED) is 0.835. The second-order valence-electron chi connectivity index (χ2n) is 6.73. The molecule has 114 valence electrons. The van der Waals surface area contributed by atoms with Crippen LogP contribution in [0.25, 0.3) is 0 Å². The zero-order valence-corrected chi connectivity index (χ0v) is 12.9. The monoisotopic (exact) mass is 287 g/mol. The molecule has 1 amide bonds. The molecule has 0 spiro atoms. The average molecular weight is 287 g/mol. The molecule has 0 bridgehead atoms. The third-order valence-electron chi connectivity index (χ3n) is 5.19. The molecule has 2 atom stereocenters. The zero-order valence-electron chi connectivity index (χ0n) is 12.9. The van der Waals surface area contributed by atoms with Crippen LogP contribution in [-0.4, -0.2) is 36.5 Å². The Morgan fingerprint density at radius 3 is 2.57 bits per heavy atom. The highest BCUT2D eigenvalue weighted by molar-refractivity contribution is 5.91. The molecule has 21 heavy (non-hydrogen) atoms. The highest BCUT2D eigenvalue weighted by atomic mass is 16.2. The number of carbonyl (C=O) groups is 1. The molecule has 1 saturated carbocycles. The van der Waals surface area contributed by atoms with Crippen LogP contribution in [0.1, 0.15) is 38.2 Å². The molecular formula is C17H25N3O. The van der Waals surface area contributed by atoms with Gasteiger partial charge in [0.25, 0.3) is 0 Å². The highest BCUT2D eigenvalue weighted by Gasteiger charge is 2.51. The average Bonchev–Trinajstić information content (AvgIpc) is 3.25. The van der Waals surface area contributed by atoms with Gasteiger partial charge in [0, 0.05) is 24.3 Å². The minimum atomic E-state index is -0.291. The number of nitrogen functional groups attached to an aromatic ring is 1. The van der Waals surface area contributed by atoms with E-state index in [2.05, 4.69) is 24.2 Å². The fourth-order valence-electron chi connectivity index (χ4n) is 3.32. The molecule has 2 fully saturated rings. The topological polar surface area (TPSA) is 58.4 Å². The van der Waals surface area contributed by atoms with Crippen molar-refractivity contribution in [2.24, 2.45) is 0 Å². The van der Waals surface area contributed by atoms with E-state index in [4.69, 9.17) is 5.73 Å². The van der Waals surface area contributed by atoms with Gasteiger partial charge in [0.05, 0.1) is 5.41 Å². The maximum atomic E-state index is 12.7. The van der Waals surface area contributed by atoms with Gasteiger partial charge in [-0.05, 0) is 57.4 Å². The number of piperidine rings is 1. The minimum absolute atomic E-state index is 0.203. The molecule has 4 heteroatoms. The van der Waals surface area contributed by atoms with Crippen molar-refractivity contribution < 1.29 is 4.79 Å². The number of amides is 1. The Labute approximate surface area is 126 Å². The fourth-order valence-corrected chi connectivity index (χ4v) is 3.32. The molecule has 0 aromatic heterocycles. The summed E-state index contributed by atoms with van der Waals surface area (Å²) in [6, 6.07) is 8.63. The SMILES string of the molecule is CC1CC(NC(=O)C2(c3ccc(N)cc3)CC2)CCN1C. The zero-order chi connectivity index (χ0) is 15.0. The van der Waals surface area contributed by atoms with Crippen LogP contribution in [0.5, 0.6) is 0 Å². The van der Waals surface area contributed by atoms with Crippen molar-refractivity contribution >= 4 is 11.6 Å². The molecule has 2 aliphatic rings. The lowest BCUT2D eigenvalue weighted by Crippen LogP contribution is -2.49. The first-order valence-corrected chi connectivity index (χ1v) is 7.88. The normalized spacial score (nSPS) is 28.1. The standard InChI is InChI=1S/C17H25N3O/c1-12-11-15(7-10-20(12)2)19-16(21)17(8-9-17)13-3-5-14(18)6-4-13/h3-6,12,15H,7-11,18H2,1-2H3,(H,19,21). The van der Waals surface area contributed by atoms with Gasteiger partial charge in [-0.3, -0.25) is 4.79 Å². The molecule has 2 unspecified atom stereocenters. The first-order valence-electron chi connectivity index (χ1n) is 7.88. The van der Waals surface area contributed by atoms with E-state index < -0.39 is 0 Å². The summed E-state index contributed by atoms with van der Waals surface area (Å²) in [4.78, 5) is 15.1. The van der Waals surface area contributed by atoms with Crippen molar-refractivity contribution in [3.63, 3.8) is 0 Å². The van der Waals surface area contributed by atoms with Crippen molar-refractivity contribution in [2.75, 3.05) is 19.3 Å². The van der Waals surface area contributed by atoms with Crippen molar-refractivity contribution in [1.82, 2.24) is 10.2 Å². The summed E-state index contributed by atoms with van der Waals surface area (Å²) in [6.45, 7) is 3.28. The minimum Gasteiger partial charge on any atom is -0.399 e. The molecule has 3 N–H and O–H groups in total. The lowest BCUT2D eigenvalue weighted by molar-refractivity contribution is -0.124. The number of likely N-dealkylation sites (tertiary alicyclic amines) is 1. The van der Waals surface area contributed by atoms with Gasteiger partial charge in [-0.15, -0.1) is 0 Å². The van der Waals surface area contributed by atoms with E-state index >= 15 is 0 Å². The molecule has 1 heterocycles. The van der Waals surface area contributed by atoms with Crippen molar-refractivity contribution in [3.05, 3.63) is 29.8 Å². The number of nitrogens with one attached hydrogen (secondary N) is 1. The van der Waals surface area contributed by atoms with Gasteiger partial charge in [0.2, 0.25) is 5.91 Å². The molecule has 1 aromatic rings. The maximum Gasteiger partial charge on any atom is 0.230 e. The van der Waals surface area contributed by atoms with E-state index in [0.717, 1.165) is 43.5 Å². The van der Waals surface area contributed by atoms with Gasteiger partial charge < -0.3 is 16.0 Å². The maximum absolute atomic E-state index is 12.7. The van der Waals surface area contributed by atoms with Crippen LogP contribution in [0, 0.1) is 0 Å². The van der Waals surface area contributed by atoms with Crippen LogP contribution in [0.3, 0.4) is 0 Å². The number of rotatable bonds is 3. The van der Waals surface area contributed by atoms with Gasteiger partial charge in [0.1, 0.15) is 0 Å². The molecule has 1 aromatic carbocycles. The van der Waals surface area contributed by atoms with Crippen molar-refractivity contribution in [2.45, 2.75) is 50.1 Å². The van der Waals surface area contributed by atoms with Crippen LogP contribution < -0.4 is 11.1 Å². The summed E-state index contributed by atoms with van der Waals surface area (Å²) in [5.74, 6) is 0.203. The Morgan fingerprint density at radius 1 is 1.33 bits per heavy atom. The molecule has 0 radical (unpaired) electrons. The molecule has 4 nitrogen and oxygen atoms in total. The Kier molecular flexibility index (Phi) is 3.66. The predicted molar refractivity (Wildman–Crippen MR) is 85.0 cm³/mol. The molecule has 1 aliphatic heterocycles. The van der Waals surface area contributed by atoms with Gasteiger partial charge in [-0.25, -0.2) is 0 Å². The van der Waals surface area contributed by atoms with Crippen LogP contribution in [0.4, 0.5) is 5.69 Å². The second kappa shape index (κ2) is 5.34. The number of benzene rings is 1. The van der Waals surface area contributed by atoms with Gasteiger partial charge >= 0.3 is 0 Å². The smallest absolute Gasteiger partial charge is 0.230 e. The Balaban J connectivity index is 1.66. The predicted octanol–water partition coefficient (Wildman–Crippen LogP) is 1.90. The van der Waals surface area contributed by atoms with E-state index in [0.29, 0.717) is 12.1 Å². The number of nitrogens with zero attached hydrogens (tertiary/aromatic N) is 1. The Hall–Kier alpha value is -1.55. The summed E-state index contributed by atoms with van der Waals surface area (Å²) in [5, 5.41) is 3.29. The first kappa shape index (κ1) is 14.4. The van der Waals surface area contributed by atoms with Crippen LogP contribution >= 0.6 is 0 Å². The van der Waals surface area contributed by atoms with Crippen molar-refractivity contribution in [3.8, 4) is 0 Å². The third kappa shape index (κ3) is 2.77. The first-order chi connectivity index (χ1) is 10.0. The van der Waals surface area contributed by atoms with E-state index in [1.165, 1.54) is 0 Å². The lowest BCUT2D eigenvalue weighted by atomic mass is 9.92. The summed E-state index contributed by atoms with van der Waals surface area (Å²) in [6.07, 6.45) is 3.99. The second-order valence-corrected chi connectivity index (χ2v) is 6.73. The van der Waals surface area contributed by atoms with Gasteiger partial charge in [-0.1, -0.05) is 12.1 Å². The number of carbonyl (C=O) groups excluding carboxylic acids is 1. The molecule has 1 saturated heterocycles. The molecule has 3 rings (SSSR count). The summed E-state index contributed by atoms with van der Waals surface area (Å²) in [5.41, 5.74) is 7.30. The number of nitrogens with two attached hydrogens (primary N) is 1. The van der Waals surface area contributed by atoms with E-state index in [-0.39, 0.29) is 11.3 Å². The summed E-state index contributed by atoms with van der Waals surface area (Å²) in [7, 11) is 2.15. The number of hydrogen-bond acceptors (Lipinski definition) is 3. The van der Waals surface area contributed by atoms with E-state index in [1.54, 1.807) is 0 Å². The van der Waals surface area contributed by atoms with E-state index in [9.17, 15) is 4.79 Å². The highest BCUT2D eigenvalue weighted by Crippen LogP contribution is 2.48. The van der Waals surface area contributed by atoms with Crippen LogP contribution in [-0.2, 0) is 10.2 Å². The van der Waals surface area contributed by atoms with Gasteiger partial charge in [0.15, 0.2) is 0 Å².